The minimum atomic E-state index is -0.629. The van der Waals surface area contributed by atoms with Gasteiger partial charge in [0.15, 0.2) is 0 Å². The summed E-state index contributed by atoms with van der Waals surface area (Å²) in [5, 5.41) is 2.58. The van der Waals surface area contributed by atoms with Gasteiger partial charge < -0.3 is 15.0 Å². The van der Waals surface area contributed by atoms with E-state index in [2.05, 4.69) is 10.3 Å². The van der Waals surface area contributed by atoms with Crippen LogP contribution in [0.1, 0.15) is 37.7 Å². The molecule has 1 atom stereocenters. The highest BCUT2D eigenvalue weighted by atomic mass is 16.5. The Bertz CT molecular complexity index is 582. The normalized spacial score (nSPS) is 22.2. The van der Waals surface area contributed by atoms with E-state index in [1.165, 1.54) is 19.3 Å². The average molecular weight is 331 g/mol. The summed E-state index contributed by atoms with van der Waals surface area (Å²) >= 11 is 0. The number of hydrogen-bond acceptors (Lipinski definition) is 4. The first-order chi connectivity index (χ1) is 11.6. The van der Waals surface area contributed by atoms with E-state index in [0.29, 0.717) is 31.4 Å². The third kappa shape index (κ3) is 4.12. The minimum Gasteiger partial charge on any atom is -0.374 e. The summed E-state index contributed by atoms with van der Waals surface area (Å²) in [6.45, 7) is 3.40. The van der Waals surface area contributed by atoms with Crippen molar-refractivity contribution in [2.24, 2.45) is 5.92 Å². The van der Waals surface area contributed by atoms with E-state index in [9.17, 15) is 9.59 Å². The van der Waals surface area contributed by atoms with Gasteiger partial charge in [0.05, 0.1) is 12.7 Å². The minimum absolute atomic E-state index is 0.0632. The highest BCUT2D eigenvalue weighted by Crippen LogP contribution is 2.29. The van der Waals surface area contributed by atoms with Gasteiger partial charge in [0.25, 0.3) is 0 Å². The lowest BCUT2D eigenvalue weighted by Crippen LogP contribution is -2.51. The van der Waals surface area contributed by atoms with Crippen molar-refractivity contribution in [2.75, 3.05) is 25.0 Å². The van der Waals surface area contributed by atoms with Crippen molar-refractivity contribution in [3.8, 4) is 0 Å². The van der Waals surface area contributed by atoms with Crippen LogP contribution in [-0.2, 0) is 14.3 Å². The largest absolute Gasteiger partial charge is 0.374 e. The SMILES string of the molecule is Cc1ccc(NC(=O)C(=O)N2CCOC(C3CCCCC3)C2)nc1. The van der Waals surface area contributed by atoms with Gasteiger partial charge in [0.2, 0.25) is 0 Å². The van der Waals surface area contributed by atoms with Crippen molar-refractivity contribution in [3.63, 3.8) is 0 Å². The second-order valence-electron chi connectivity index (χ2n) is 6.73. The molecule has 2 amide bonds. The zero-order valence-corrected chi connectivity index (χ0v) is 14.2. The molecule has 0 spiro atoms. The Labute approximate surface area is 142 Å². The molecule has 1 aliphatic heterocycles. The van der Waals surface area contributed by atoms with Gasteiger partial charge in [-0.2, -0.15) is 0 Å². The van der Waals surface area contributed by atoms with Gasteiger partial charge in [-0.1, -0.05) is 25.3 Å². The number of morpholine rings is 1. The molecule has 24 heavy (non-hydrogen) atoms. The molecule has 2 heterocycles. The summed E-state index contributed by atoms with van der Waals surface area (Å²) in [6.07, 6.45) is 7.80. The number of nitrogens with zero attached hydrogens (tertiary/aromatic N) is 2. The molecule has 0 aromatic carbocycles. The van der Waals surface area contributed by atoms with E-state index >= 15 is 0 Å². The molecule has 1 saturated heterocycles. The number of rotatable bonds is 2. The Morgan fingerprint density at radius 2 is 2.04 bits per heavy atom. The molecule has 1 saturated carbocycles. The van der Waals surface area contributed by atoms with Crippen LogP contribution in [0.2, 0.25) is 0 Å². The number of ether oxygens (including phenoxy) is 1. The number of amides is 2. The molecule has 1 aromatic rings. The summed E-state index contributed by atoms with van der Waals surface area (Å²) in [4.78, 5) is 30.3. The Balaban J connectivity index is 1.57. The van der Waals surface area contributed by atoms with Crippen molar-refractivity contribution in [1.82, 2.24) is 9.88 Å². The van der Waals surface area contributed by atoms with Gasteiger partial charge in [-0.15, -0.1) is 0 Å². The molecule has 3 rings (SSSR count). The summed E-state index contributed by atoms with van der Waals surface area (Å²) in [5.74, 6) is -0.218. The molecule has 6 heteroatoms. The maximum absolute atomic E-state index is 12.4. The Morgan fingerprint density at radius 1 is 1.25 bits per heavy atom. The van der Waals surface area contributed by atoms with Gasteiger partial charge in [-0.3, -0.25) is 9.59 Å². The van der Waals surface area contributed by atoms with Gasteiger partial charge >= 0.3 is 11.8 Å². The van der Waals surface area contributed by atoms with E-state index < -0.39 is 11.8 Å². The average Bonchev–Trinajstić information content (AvgIpc) is 2.64. The van der Waals surface area contributed by atoms with Crippen LogP contribution in [0.25, 0.3) is 0 Å². The molecule has 6 nitrogen and oxygen atoms in total. The monoisotopic (exact) mass is 331 g/mol. The van der Waals surface area contributed by atoms with E-state index in [4.69, 9.17) is 4.74 Å². The maximum Gasteiger partial charge on any atom is 0.315 e. The smallest absolute Gasteiger partial charge is 0.315 e. The maximum atomic E-state index is 12.4. The van der Waals surface area contributed by atoms with Crippen molar-refractivity contribution < 1.29 is 14.3 Å². The number of pyridine rings is 1. The molecule has 0 bridgehead atoms. The number of nitrogens with one attached hydrogen (secondary N) is 1. The van der Waals surface area contributed by atoms with E-state index in [0.717, 1.165) is 18.4 Å². The van der Waals surface area contributed by atoms with Crippen LogP contribution in [0.3, 0.4) is 0 Å². The molecule has 2 fully saturated rings. The topological polar surface area (TPSA) is 71.5 Å². The fraction of sp³-hybridized carbons (Fsp3) is 0.611. The van der Waals surface area contributed by atoms with Gasteiger partial charge in [0, 0.05) is 19.3 Å². The van der Waals surface area contributed by atoms with Gasteiger partial charge in [-0.05, 0) is 37.3 Å². The Hall–Kier alpha value is -1.95. The first-order valence-electron chi connectivity index (χ1n) is 8.78. The van der Waals surface area contributed by atoms with Crippen LogP contribution in [-0.4, -0.2) is 47.5 Å². The second-order valence-corrected chi connectivity index (χ2v) is 6.73. The van der Waals surface area contributed by atoms with Crippen molar-refractivity contribution in [1.29, 1.82) is 0 Å². The van der Waals surface area contributed by atoms with Crippen LogP contribution in [0, 0.1) is 12.8 Å². The highest BCUT2D eigenvalue weighted by Gasteiger charge is 2.33. The molecule has 2 aliphatic rings. The van der Waals surface area contributed by atoms with E-state index in [1.807, 2.05) is 13.0 Å². The summed E-state index contributed by atoms with van der Waals surface area (Å²) in [5.41, 5.74) is 1.00. The lowest BCUT2D eigenvalue weighted by Gasteiger charge is -2.38. The van der Waals surface area contributed by atoms with Crippen LogP contribution in [0.15, 0.2) is 18.3 Å². The van der Waals surface area contributed by atoms with Crippen LogP contribution in [0.5, 0.6) is 0 Å². The Morgan fingerprint density at radius 3 is 2.75 bits per heavy atom. The summed E-state index contributed by atoms with van der Waals surface area (Å²) in [6, 6.07) is 3.55. The Kier molecular flexibility index (Phi) is 5.45. The first-order valence-corrected chi connectivity index (χ1v) is 8.78. The number of anilines is 1. The predicted octanol–water partition coefficient (Wildman–Crippen LogP) is 2.14. The van der Waals surface area contributed by atoms with Crippen LogP contribution in [0.4, 0.5) is 5.82 Å². The molecular formula is C18H25N3O3. The summed E-state index contributed by atoms with van der Waals surface area (Å²) < 4.78 is 5.87. The lowest BCUT2D eigenvalue weighted by atomic mass is 9.84. The van der Waals surface area contributed by atoms with Crippen LogP contribution < -0.4 is 5.32 Å². The molecule has 1 unspecified atom stereocenters. The van der Waals surface area contributed by atoms with Crippen LogP contribution >= 0.6 is 0 Å². The molecule has 1 aromatic heterocycles. The zero-order valence-electron chi connectivity index (χ0n) is 14.2. The van der Waals surface area contributed by atoms with Gasteiger partial charge in [0.1, 0.15) is 5.82 Å². The predicted molar refractivity (Wildman–Crippen MR) is 90.5 cm³/mol. The number of aryl methyl sites for hydroxylation is 1. The van der Waals surface area contributed by atoms with Crippen molar-refractivity contribution in [3.05, 3.63) is 23.9 Å². The zero-order chi connectivity index (χ0) is 16.9. The number of hydrogen-bond donors (Lipinski definition) is 1. The van der Waals surface area contributed by atoms with Gasteiger partial charge in [-0.25, -0.2) is 4.98 Å². The lowest BCUT2D eigenvalue weighted by molar-refractivity contribution is -0.150. The van der Waals surface area contributed by atoms with E-state index in [-0.39, 0.29) is 6.10 Å². The van der Waals surface area contributed by atoms with Crippen molar-refractivity contribution in [2.45, 2.75) is 45.1 Å². The highest BCUT2D eigenvalue weighted by molar-refractivity contribution is 6.39. The third-order valence-electron chi connectivity index (χ3n) is 4.90. The number of carbonyl (C=O) groups excluding carboxylic acids is 2. The summed E-state index contributed by atoms with van der Waals surface area (Å²) in [7, 11) is 0. The second kappa shape index (κ2) is 7.75. The fourth-order valence-corrected chi connectivity index (χ4v) is 3.51. The standard InChI is InChI=1S/C18H25N3O3/c1-13-7-8-16(19-11-13)20-17(22)18(23)21-9-10-24-15(12-21)14-5-3-2-4-6-14/h7-8,11,14-15H,2-6,9-10,12H2,1H3,(H,19,20,22). The van der Waals surface area contributed by atoms with Crippen molar-refractivity contribution >= 4 is 17.6 Å². The molecule has 0 radical (unpaired) electrons. The third-order valence-corrected chi connectivity index (χ3v) is 4.90. The molecule has 1 aliphatic carbocycles. The molecular weight excluding hydrogens is 306 g/mol. The molecule has 1 N–H and O–H groups in total. The molecule has 130 valence electrons. The number of aromatic nitrogens is 1. The quantitative estimate of drug-likeness (QED) is 0.843. The first kappa shape index (κ1) is 16.9. The van der Waals surface area contributed by atoms with E-state index in [1.54, 1.807) is 17.2 Å². The fourth-order valence-electron chi connectivity index (χ4n) is 3.51. The number of carbonyl (C=O) groups is 2.